The minimum absolute atomic E-state index is 0.118. The van der Waals surface area contributed by atoms with Crippen LogP contribution in [-0.2, 0) is 4.84 Å². The molecule has 1 aliphatic rings. The first-order valence-electron chi connectivity index (χ1n) is 5.10. The van der Waals surface area contributed by atoms with Crippen molar-refractivity contribution >= 4 is 0 Å². The zero-order chi connectivity index (χ0) is 9.90. The van der Waals surface area contributed by atoms with E-state index < -0.39 is 0 Å². The van der Waals surface area contributed by atoms with Gasteiger partial charge in [-0.25, -0.2) is 0 Å². The van der Waals surface area contributed by atoms with Gasteiger partial charge in [-0.3, -0.25) is 4.84 Å². The number of hydrogen-bond donors (Lipinski definition) is 2. The van der Waals surface area contributed by atoms with E-state index in [0.29, 0.717) is 0 Å². The molecule has 2 atom stereocenters. The minimum Gasteiger partial charge on any atom is -0.391 e. The van der Waals surface area contributed by atoms with E-state index in [2.05, 4.69) is 5.48 Å². The molecule has 0 aromatic heterocycles. The fourth-order valence-corrected chi connectivity index (χ4v) is 1.50. The molecular formula is C10H21NO2. The summed E-state index contributed by atoms with van der Waals surface area (Å²) in [4.78, 5) is 5.43. The van der Waals surface area contributed by atoms with Crippen LogP contribution in [-0.4, -0.2) is 22.9 Å². The lowest BCUT2D eigenvalue weighted by atomic mass is 9.93. The molecule has 0 aromatic carbocycles. The Bertz CT molecular complexity index is 153. The third kappa shape index (κ3) is 4.07. The quantitative estimate of drug-likeness (QED) is 0.645. The Balaban J connectivity index is 2.27. The zero-order valence-electron chi connectivity index (χ0n) is 8.84. The van der Waals surface area contributed by atoms with Crippen molar-refractivity contribution < 1.29 is 9.94 Å². The molecule has 0 spiro atoms. The first kappa shape index (κ1) is 11.0. The summed E-state index contributed by atoms with van der Waals surface area (Å²) in [5.41, 5.74) is 2.78. The van der Waals surface area contributed by atoms with Gasteiger partial charge >= 0.3 is 0 Å². The zero-order valence-corrected chi connectivity index (χ0v) is 8.84. The molecule has 3 heteroatoms. The Kier molecular flexibility index (Phi) is 3.71. The standard InChI is InChI=1S/C10H21NO2/c1-10(2,3)13-11-8-6-4-5-7-9(8)12/h8-9,11-12H,4-7H2,1-3H3. The van der Waals surface area contributed by atoms with Crippen molar-refractivity contribution in [1.82, 2.24) is 5.48 Å². The number of rotatable bonds is 2. The molecule has 3 nitrogen and oxygen atoms in total. The monoisotopic (exact) mass is 187 g/mol. The van der Waals surface area contributed by atoms with Gasteiger partial charge in [-0.2, -0.15) is 5.48 Å². The average Bonchev–Trinajstić information content (AvgIpc) is 2.01. The minimum atomic E-state index is -0.240. The number of aliphatic hydroxyl groups is 1. The smallest absolute Gasteiger partial charge is 0.0813 e. The maximum atomic E-state index is 9.62. The maximum absolute atomic E-state index is 9.62. The van der Waals surface area contributed by atoms with Crippen LogP contribution in [0.4, 0.5) is 0 Å². The van der Waals surface area contributed by atoms with Gasteiger partial charge in [0, 0.05) is 0 Å². The number of aliphatic hydroxyl groups excluding tert-OH is 1. The lowest BCUT2D eigenvalue weighted by molar-refractivity contribution is -0.111. The molecule has 78 valence electrons. The molecule has 1 saturated carbocycles. The fraction of sp³-hybridized carbons (Fsp3) is 1.00. The molecule has 0 bridgehead atoms. The third-order valence-electron chi connectivity index (χ3n) is 2.25. The Morgan fingerprint density at radius 2 is 1.85 bits per heavy atom. The Morgan fingerprint density at radius 3 is 2.38 bits per heavy atom. The van der Waals surface area contributed by atoms with Gasteiger partial charge in [-0.15, -0.1) is 0 Å². The van der Waals surface area contributed by atoms with Crippen molar-refractivity contribution in [2.75, 3.05) is 0 Å². The first-order valence-corrected chi connectivity index (χ1v) is 5.10. The van der Waals surface area contributed by atoms with E-state index >= 15 is 0 Å². The summed E-state index contributed by atoms with van der Waals surface area (Å²) in [5, 5.41) is 9.62. The predicted molar refractivity (Wildman–Crippen MR) is 52.2 cm³/mol. The summed E-state index contributed by atoms with van der Waals surface area (Å²) in [6.45, 7) is 5.99. The van der Waals surface area contributed by atoms with Gasteiger partial charge in [-0.1, -0.05) is 12.8 Å². The van der Waals surface area contributed by atoms with E-state index in [1.54, 1.807) is 0 Å². The van der Waals surface area contributed by atoms with Crippen LogP contribution >= 0.6 is 0 Å². The topological polar surface area (TPSA) is 41.5 Å². The number of hydroxylamine groups is 1. The van der Waals surface area contributed by atoms with Crippen LogP contribution < -0.4 is 5.48 Å². The summed E-state index contributed by atoms with van der Waals surface area (Å²) in [5.74, 6) is 0. The Labute approximate surface area is 80.4 Å². The molecule has 0 amide bonds. The summed E-state index contributed by atoms with van der Waals surface area (Å²) in [6.07, 6.45) is 3.98. The van der Waals surface area contributed by atoms with Gasteiger partial charge in [0.1, 0.15) is 0 Å². The number of nitrogens with one attached hydrogen (secondary N) is 1. The van der Waals surface area contributed by atoms with Gasteiger partial charge in [0.25, 0.3) is 0 Å². The lowest BCUT2D eigenvalue weighted by Gasteiger charge is -2.31. The van der Waals surface area contributed by atoms with E-state index in [1.807, 2.05) is 20.8 Å². The SMILES string of the molecule is CC(C)(C)ONC1CCCCC1O. The van der Waals surface area contributed by atoms with Crippen LogP contribution in [0.3, 0.4) is 0 Å². The Morgan fingerprint density at radius 1 is 1.23 bits per heavy atom. The van der Waals surface area contributed by atoms with Crippen LogP contribution in [0.15, 0.2) is 0 Å². The second kappa shape index (κ2) is 4.40. The van der Waals surface area contributed by atoms with Crippen LogP contribution in [0.1, 0.15) is 46.5 Å². The van der Waals surface area contributed by atoms with Gasteiger partial charge in [0.15, 0.2) is 0 Å². The van der Waals surface area contributed by atoms with Crippen LogP contribution in [0, 0.1) is 0 Å². The lowest BCUT2D eigenvalue weighted by Crippen LogP contribution is -2.45. The van der Waals surface area contributed by atoms with Gasteiger partial charge in [0.05, 0.1) is 17.7 Å². The molecular weight excluding hydrogens is 166 g/mol. The maximum Gasteiger partial charge on any atom is 0.0813 e. The van der Waals surface area contributed by atoms with Crippen LogP contribution in [0.25, 0.3) is 0 Å². The highest BCUT2D eigenvalue weighted by atomic mass is 16.7. The van der Waals surface area contributed by atoms with Crippen molar-refractivity contribution in [1.29, 1.82) is 0 Å². The summed E-state index contributed by atoms with van der Waals surface area (Å²) in [6, 6.07) is 0.118. The van der Waals surface area contributed by atoms with Crippen LogP contribution in [0.5, 0.6) is 0 Å². The normalized spacial score (nSPS) is 30.5. The molecule has 1 fully saturated rings. The molecule has 1 rings (SSSR count). The van der Waals surface area contributed by atoms with E-state index in [1.165, 1.54) is 6.42 Å². The molecule has 1 aliphatic carbocycles. The van der Waals surface area contributed by atoms with Crippen molar-refractivity contribution in [3.8, 4) is 0 Å². The van der Waals surface area contributed by atoms with E-state index in [0.717, 1.165) is 19.3 Å². The fourth-order valence-electron chi connectivity index (χ4n) is 1.50. The van der Waals surface area contributed by atoms with Gasteiger partial charge in [0.2, 0.25) is 0 Å². The highest BCUT2D eigenvalue weighted by molar-refractivity contribution is 4.78. The van der Waals surface area contributed by atoms with Crippen molar-refractivity contribution in [3.05, 3.63) is 0 Å². The van der Waals surface area contributed by atoms with Crippen molar-refractivity contribution in [2.45, 2.75) is 64.2 Å². The molecule has 0 radical (unpaired) electrons. The number of hydrogen-bond acceptors (Lipinski definition) is 3. The van der Waals surface area contributed by atoms with Crippen molar-refractivity contribution in [3.63, 3.8) is 0 Å². The molecule has 0 aromatic rings. The van der Waals surface area contributed by atoms with Crippen molar-refractivity contribution in [2.24, 2.45) is 0 Å². The molecule has 0 saturated heterocycles. The third-order valence-corrected chi connectivity index (χ3v) is 2.25. The summed E-state index contributed by atoms with van der Waals surface area (Å²) < 4.78 is 0. The summed E-state index contributed by atoms with van der Waals surface area (Å²) >= 11 is 0. The molecule has 2 N–H and O–H groups in total. The molecule has 2 unspecified atom stereocenters. The predicted octanol–water partition coefficient (Wildman–Crippen LogP) is 1.61. The van der Waals surface area contributed by atoms with Crippen LogP contribution in [0.2, 0.25) is 0 Å². The highest BCUT2D eigenvalue weighted by Crippen LogP contribution is 2.19. The second-order valence-corrected chi connectivity index (χ2v) is 4.79. The van der Waals surface area contributed by atoms with Gasteiger partial charge in [-0.05, 0) is 33.6 Å². The first-order chi connectivity index (χ1) is 5.99. The summed E-state index contributed by atoms with van der Waals surface area (Å²) in [7, 11) is 0. The van der Waals surface area contributed by atoms with Gasteiger partial charge < -0.3 is 5.11 Å². The molecule has 0 aliphatic heterocycles. The second-order valence-electron chi connectivity index (χ2n) is 4.79. The van der Waals surface area contributed by atoms with E-state index in [-0.39, 0.29) is 17.7 Å². The largest absolute Gasteiger partial charge is 0.391 e. The average molecular weight is 187 g/mol. The molecule has 0 heterocycles. The van der Waals surface area contributed by atoms with E-state index in [9.17, 15) is 5.11 Å². The molecule has 13 heavy (non-hydrogen) atoms. The highest BCUT2D eigenvalue weighted by Gasteiger charge is 2.24. The van der Waals surface area contributed by atoms with E-state index in [4.69, 9.17) is 4.84 Å². The Hall–Kier alpha value is -0.120.